The molecule has 1 aliphatic heterocycles. The Morgan fingerprint density at radius 1 is 1.75 bits per heavy atom. The number of thioether (sulfide) groups is 1. The summed E-state index contributed by atoms with van der Waals surface area (Å²) >= 11 is 6.74. The molecule has 46 valence electrons. The standard InChI is InChI=1S/C5H9NS2/c7-3-5-4-8-2-1-6-5/h3,5-6H,1-2,4H2. The minimum absolute atomic E-state index is 0.490. The maximum Gasteiger partial charge on any atom is 0.0445 e. The second-order valence-electron chi connectivity index (χ2n) is 1.77. The Morgan fingerprint density at radius 3 is 3.00 bits per heavy atom. The van der Waals surface area contributed by atoms with Gasteiger partial charge in [-0.25, -0.2) is 0 Å². The van der Waals surface area contributed by atoms with Gasteiger partial charge < -0.3 is 5.32 Å². The zero-order valence-corrected chi connectivity index (χ0v) is 6.23. The predicted octanol–water partition coefficient (Wildman–Crippen LogP) is 0.691. The number of hydrogen-bond donors (Lipinski definition) is 1. The third-order valence-corrected chi connectivity index (χ3v) is 2.53. The van der Waals surface area contributed by atoms with E-state index in [-0.39, 0.29) is 0 Å². The molecule has 1 rings (SSSR count). The summed E-state index contributed by atoms with van der Waals surface area (Å²) in [5.74, 6) is 2.39. The molecule has 1 fully saturated rings. The smallest absolute Gasteiger partial charge is 0.0445 e. The second kappa shape index (κ2) is 3.43. The maximum absolute atomic E-state index is 4.77. The van der Waals surface area contributed by atoms with E-state index in [0.717, 1.165) is 12.3 Å². The van der Waals surface area contributed by atoms with Crippen LogP contribution < -0.4 is 5.32 Å². The molecule has 1 heterocycles. The lowest BCUT2D eigenvalue weighted by Gasteiger charge is -2.18. The maximum atomic E-state index is 4.77. The van der Waals surface area contributed by atoms with Gasteiger partial charge in [0.15, 0.2) is 0 Å². The van der Waals surface area contributed by atoms with Crippen LogP contribution in [0.4, 0.5) is 0 Å². The summed E-state index contributed by atoms with van der Waals surface area (Å²) in [5, 5.41) is 5.10. The van der Waals surface area contributed by atoms with Crippen molar-refractivity contribution in [3.05, 3.63) is 0 Å². The van der Waals surface area contributed by atoms with Crippen LogP contribution in [0.15, 0.2) is 0 Å². The fraction of sp³-hybridized carbons (Fsp3) is 0.800. The molecule has 0 radical (unpaired) electrons. The summed E-state index contributed by atoms with van der Waals surface area (Å²) in [5.41, 5.74) is 0. The van der Waals surface area contributed by atoms with Gasteiger partial charge in [0.1, 0.15) is 0 Å². The van der Waals surface area contributed by atoms with E-state index in [4.69, 9.17) is 12.2 Å². The minimum Gasteiger partial charge on any atom is -0.308 e. The summed E-state index contributed by atoms with van der Waals surface area (Å²) in [7, 11) is 0. The predicted molar refractivity (Wildman–Crippen MR) is 42.8 cm³/mol. The van der Waals surface area contributed by atoms with Gasteiger partial charge in [0.05, 0.1) is 0 Å². The Bertz CT molecular complexity index is 78.5. The molecule has 0 spiro atoms. The van der Waals surface area contributed by atoms with Crippen molar-refractivity contribution in [3.8, 4) is 0 Å². The van der Waals surface area contributed by atoms with Crippen molar-refractivity contribution in [2.75, 3.05) is 18.1 Å². The monoisotopic (exact) mass is 147 g/mol. The molecule has 1 N–H and O–H groups in total. The van der Waals surface area contributed by atoms with Crippen LogP contribution in [0.5, 0.6) is 0 Å². The van der Waals surface area contributed by atoms with Crippen LogP contribution in [0.25, 0.3) is 0 Å². The van der Waals surface area contributed by atoms with Crippen LogP contribution in [0.1, 0.15) is 0 Å². The van der Waals surface area contributed by atoms with Gasteiger partial charge in [-0.3, -0.25) is 0 Å². The molecule has 0 aromatic carbocycles. The summed E-state index contributed by atoms with van der Waals surface area (Å²) in [6.45, 7) is 1.11. The van der Waals surface area contributed by atoms with Crippen LogP contribution in [-0.2, 0) is 0 Å². The van der Waals surface area contributed by atoms with E-state index < -0.39 is 0 Å². The third kappa shape index (κ3) is 1.73. The number of rotatable bonds is 1. The van der Waals surface area contributed by atoms with Gasteiger partial charge in [-0.1, -0.05) is 12.2 Å². The Balaban J connectivity index is 2.22. The van der Waals surface area contributed by atoms with Gasteiger partial charge in [-0.15, -0.1) is 0 Å². The first-order valence-corrected chi connectivity index (χ1v) is 4.32. The molecule has 0 aromatic heterocycles. The Morgan fingerprint density at radius 2 is 2.62 bits per heavy atom. The highest BCUT2D eigenvalue weighted by molar-refractivity contribution is 7.99. The van der Waals surface area contributed by atoms with Gasteiger partial charge >= 0.3 is 0 Å². The average Bonchev–Trinajstić information content (AvgIpc) is 1.90. The number of nitrogens with one attached hydrogen (secondary N) is 1. The van der Waals surface area contributed by atoms with Gasteiger partial charge in [0, 0.05) is 24.1 Å². The molecule has 0 saturated carbocycles. The molecular weight excluding hydrogens is 138 g/mol. The number of thiocarbonyl (C=S) groups is 1. The quantitative estimate of drug-likeness (QED) is 0.548. The molecule has 1 saturated heterocycles. The van der Waals surface area contributed by atoms with Crippen molar-refractivity contribution < 1.29 is 0 Å². The van der Waals surface area contributed by atoms with Gasteiger partial charge in [0.2, 0.25) is 0 Å². The first kappa shape index (κ1) is 6.52. The van der Waals surface area contributed by atoms with Crippen LogP contribution in [0, 0.1) is 0 Å². The normalized spacial score (nSPS) is 29.8. The summed E-state index contributed by atoms with van der Waals surface area (Å²) < 4.78 is 0. The zero-order chi connectivity index (χ0) is 5.82. The Labute approximate surface area is 59.2 Å². The molecule has 1 aliphatic rings. The SMILES string of the molecule is S=CC1CSCCN1. The second-order valence-corrected chi connectivity index (χ2v) is 3.19. The molecule has 1 unspecified atom stereocenters. The first-order valence-electron chi connectivity index (χ1n) is 2.70. The summed E-state index contributed by atoms with van der Waals surface area (Å²) in [6.07, 6.45) is 0. The van der Waals surface area contributed by atoms with E-state index in [0.29, 0.717) is 6.04 Å². The van der Waals surface area contributed by atoms with Crippen LogP contribution in [0.2, 0.25) is 0 Å². The molecular formula is C5H9NS2. The summed E-state index contributed by atoms with van der Waals surface area (Å²) in [4.78, 5) is 0. The van der Waals surface area contributed by atoms with Crippen molar-refractivity contribution in [1.82, 2.24) is 5.32 Å². The van der Waals surface area contributed by atoms with E-state index in [9.17, 15) is 0 Å². The minimum atomic E-state index is 0.490. The molecule has 1 nitrogen and oxygen atoms in total. The largest absolute Gasteiger partial charge is 0.308 e. The molecule has 0 bridgehead atoms. The Hall–Kier alpha value is 0.400. The summed E-state index contributed by atoms with van der Waals surface area (Å²) in [6, 6.07) is 0.490. The van der Waals surface area contributed by atoms with E-state index >= 15 is 0 Å². The van der Waals surface area contributed by atoms with Crippen molar-refractivity contribution in [2.24, 2.45) is 0 Å². The van der Waals surface area contributed by atoms with Crippen molar-refractivity contribution in [2.45, 2.75) is 6.04 Å². The zero-order valence-electron chi connectivity index (χ0n) is 4.59. The van der Waals surface area contributed by atoms with Gasteiger partial charge in [0.25, 0.3) is 0 Å². The first-order chi connectivity index (χ1) is 3.93. The van der Waals surface area contributed by atoms with Gasteiger partial charge in [-0.2, -0.15) is 11.8 Å². The fourth-order valence-corrected chi connectivity index (χ4v) is 1.88. The van der Waals surface area contributed by atoms with Crippen molar-refractivity contribution >= 4 is 29.3 Å². The molecule has 0 amide bonds. The molecule has 3 heteroatoms. The fourth-order valence-electron chi connectivity index (χ4n) is 0.673. The lowest BCUT2D eigenvalue weighted by atomic mass is 10.4. The number of hydrogen-bond acceptors (Lipinski definition) is 3. The van der Waals surface area contributed by atoms with Crippen LogP contribution >= 0.6 is 24.0 Å². The molecule has 1 atom stereocenters. The highest BCUT2D eigenvalue weighted by Crippen LogP contribution is 2.05. The van der Waals surface area contributed by atoms with E-state index in [1.54, 1.807) is 0 Å². The lowest BCUT2D eigenvalue weighted by molar-refractivity contribution is 0.695. The van der Waals surface area contributed by atoms with E-state index in [2.05, 4.69) is 5.32 Å². The van der Waals surface area contributed by atoms with Crippen molar-refractivity contribution in [1.29, 1.82) is 0 Å². The van der Waals surface area contributed by atoms with E-state index in [1.165, 1.54) is 5.75 Å². The van der Waals surface area contributed by atoms with E-state index in [1.807, 2.05) is 17.1 Å². The third-order valence-electron chi connectivity index (χ3n) is 1.11. The van der Waals surface area contributed by atoms with Crippen LogP contribution in [0.3, 0.4) is 0 Å². The molecule has 0 aromatic rings. The molecule has 8 heavy (non-hydrogen) atoms. The Kier molecular flexibility index (Phi) is 2.80. The highest BCUT2D eigenvalue weighted by atomic mass is 32.2. The van der Waals surface area contributed by atoms with Crippen molar-refractivity contribution in [3.63, 3.8) is 0 Å². The average molecular weight is 147 g/mol. The lowest BCUT2D eigenvalue weighted by Crippen LogP contribution is -2.37. The topological polar surface area (TPSA) is 12.0 Å². The van der Waals surface area contributed by atoms with Crippen LogP contribution in [-0.4, -0.2) is 29.5 Å². The highest BCUT2D eigenvalue weighted by Gasteiger charge is 2.07. The molecule has 0 aliphatic carbocycles. The van der Waals surface area contributed by atoms with Gasteiger partial charge in [-0.05, 0) is 5.37 Å².